The number of rotatable bonds is 12. The molecule has 6 aromatic rings. The Morgan fingerprint density at radius 1 is 0.833 bits per heavy atom. The Bertz CT molecular complexity index is 2210. The van der Waals surface area contributed by atoms with Crippen molar-refractivity contribution >= 4 is 16.9 Å². The fraction of sp³-hybridized carbons (Fsp3) is 0.250. The van der Waals surface area contributed by atoms with Crippen LogP contribution in [0.1, 0.15) is 63.7 Å². The summed E-state index contributed by atoms with van der Waals surface area (Å²) in [4.78, 5) is 23.8. The number of ether oxygens (including phenoxy) is 2. The van der Waals surface area contributed by atoms with E-state index in [0.29, 0.717) is 30.7 Å². The molecule has 54 heavy (non-hydrogen) atoms. The highest BCUT2D eigenvalue weighted by Gasteiger charge is 2.39. The van der Waals surface area contributed by atoms with Crippen LogP contribution in [-0.2, 0) is 22.6 Å². The van der Waals surface area contributed by atoms with E-state index in [2.05, 4.69) is 34.3 Å². The standard InChI is InChI=1S/C44H44N4O6/c1-28-41(26-48(2)25-40(51)34-11-7-13-36(50)22-34)53-44(54-42(28)31-18-16-29(27-49)17-19-31)35-12-6-10-33(21-35)32-9-5-8-30(20-32)23-46-43(52)39-24-45-37-14-3-4-15-38(37)47-39/h3-22,24,28,40-42,44,49-51H,23,25-27H2,1-2H3,(H,46,52)/t28-,40+,41+,42+,44+/m0/s1. The topological polar surface area (TPSA) is 137 Å². The van der Waals surface area contributed by atoms with Gasteiger partial charge >= 0.3 is 0 Å². The Kier molecular flexibility index (Phi) is 11.4. The second kappa shape index (κ2) is 16.7. The van der Waals surface area contributed by atoms with Crippen LogP contribution in [0.25, 0.3) is 22.2 Å². The predicted molar refractivity (Wildman–Crippen MR) is 206 cm³/mol. The van der Waals surface area contributed by atoms with Crippen molar-refractivity contribution in [2.24, 2.45) is 5.92 Å². The van der Waals surface area contributed by atoms with E-state index in [4.69, 9.17) is 9.47 Å². The van der Waals surface area contributed by atoms with Crippen molar-refractivity contribution in [3.05, 3.63) is 161 Å². The van der Waals surface area contributed by atoms with E-state index < -0.39 is 12.4 Å². The zero-order chi connectivity index (χ0) is 37.6. The Balaban J connectivity index is 1.08. The van der Waals surface area contributed by atoms with Crippen LogP contribution in [0.2, 0.25) is 0 Å². The van der Waals surface area contributed by atoms with Crippen LogP contribution in [0, 0.1) is 5.92 Å². The number of aromatic nitrogens is 2. The van der Waals surface area contributed by atoms with Crippen LogP contribution in [0.5, 0.6) is 5.75 Å². The number of phenolic OH excluding ortho intramolecular Hbond substituents is 1. The number of benzene rings is 5. The number of fused-ring (bicyclic) bond motifs is 1. The summed E-state index contributed by atoms with van der Waals surface area (Å²) in [6.07, 6.45) is -0.524. The third kappa shape index (κ3) is 8.65. The van der Waals surface area contributed by atoms with Crippen molar-refractivity contribution < 1.29 is 29.6 Å². The van der Waals surface area contributed by atoms with E-state index in [9.17, 15) is 20.1 Å². The molecule has 1 aromatic heterocycles. The molecule has 4 N–H and O–H groups in total. The maximum absolute atomic E-state index is 13.0. The number of hydrogen-bond donors (Lipinski definition) is 4. The predicted octanol–water partition coefficient (Wildman–Crippen LogP) is 6.88. The average molecular weight is 725 g/mol. The molecule has 2 heterocycles. The molecule has 1 saturated heterocycles. The molecule has 10 nitrogen and oxygen atoms in total. The van der Waals surface area contributed by atoms with Gasteiger partial charge in [-0.1, -0.05) is 91.9 Å². The number of carbonyl (C=O) groups is 1. The number of phenols is 1. The third-order valence-corrected chi connectivity index (χ3v) is 9.91. The minimum atomic E-state index is -0.789. The van der Waals surface area contributed by atoms with Gasteiger partial charge in [-0.3, -0.25) is 9.78 Å². The Labute approximate surface area is 314 Å². The van der Waals surface area contributed by atoms with Crippen LogP contribution in [0.3, 0.4) is 0 Å². The van der Waals surface area contributed by atoms with Gasteiger partial charge in [0.15, 0.2) is 6.29 Å². The number of amides is 1. The maximum Gasteiger partial charge on any atom is 0.271 e. The number of aliphatic hydroxyl groups is 2. The number of carbonyl (C=O) groups excluding carboxylic acids is 1. The highest BCUT2D eigenvalue weighted by Crippen LogP contribution is 2.42. The first kappa shape index (κ1) is 36.9. The number of para-hydroxylation sites is 2. The fourth-order valence-electron chi connectivity index (χ4n) is 6.91. The Hall–Kier alpha value is -5.49. The summed E-state index contributed by atoms with van der Waals surface area (Å²) in [5.41, 5.74) is 7.86. The lowest BCUT2D eigenvalue weighted by atomic mass is 9.89. The summed E-state index contributed by atoms with van der Waals surface area (Å²) in [6.45, 7) is 3.26. The van der Waals surface area contributed by atoms with Crippen molar-refractivity contribution in [1.29, 1.82) is 0 Å². The van der Waals surface area contributed by atoms with Gasteiger partial charge in [0, 0.05) is 31.1 Å². The number of hydrogen-bond acceptors (Lipinski definition) is 9. The normalized spacial score (nSPS) is 19.1. The molecule has 1 aliphatic heterocycles. The number of nitrogens with zero attached hydrogens (tertiary/aromatic N) is 3. The quantitative estimate of drug-likeness (QED) is 0.106. The van der Waals surface area contributed by atoms with Gasteiger partial charge in [-0.15, -0.1) is 0 Å². The van der Waals surface area contributed by atoms with Gasteiger partial charge in [0.1, 0.15) is 11.4 Å². The number of aliphatic hydroxyl groups excluding tert-OH is 2. The summed E-state index contributed by atoms with van der Waals surface area (Å²) in [6, 6.07) is 38.1. The molecule has 0 bridgehead atoms. The van der Waals surface area contributed by atoms with Crippen molar-refractivity contribution in [3.8, 4) is 16.9 Å². The first-order valence-electron chi connectivity index (χ1n) is 18.1. The van der Waals surface area contributed by atoms with Crippen LogP contribution in [-0.4, -0.2) is 62.3 Å². The molecule has 0 radical (unpaired) electrons. The number of nitrogens with one attached hydrogen (secondary N) is 1. The van der Waals surface area contributed by atoms with Gasteiger partial charge in [-0.2, -0.15) is 0 Å². The molecular formula is C44H44N4O6. The highest BCUT2D eigenvalue weighted by atomic mass is 16.7. The second-order valence-electron chi connectivity index (χ2n) is 13.9. The van der Waals surface area contributed by atoms with Crippen molar-refractivity contribution in [1.82, 2.24) is 20.2 Å². The van der Waals surface area contributed by atoms with Gasteiger partial charge in [0.25, 0.3) is 5.91 Å². The first-order chi connectivity index (χ1) is 26.2. The minimum Gasteiger partial charge on any atom is -0.508 e. The van der Waals surface area contributed by atoms with Crippen LogP contribution < -0.4 is 5.32 Å². The van der Waals surface area contributed by atoms with E-state index >= 15 is 0 Å². The van der Waals surface area contributed by atoms with Crippen LogP contribution in [0.4, 0.5) is 0 Å². The lowest BCUT2D eigenvalue weighted by Gasteiger charge is -2.42. The van der Waals surface area contributed by atoms with Gasteiger partial charge in [-0.25, -0.2) is 4.98 Å². The van der Waals surface area contributed by atoms with E-state index in [1.807, 2.05) is 96.9 Å². The summed E-state index contributed by atoms with van der Waals surface area (Å²) in [5.74, 6) is -0.227. The van der Waals surface area contributed by atoms with Gasteiger partial charge in [0.05, 0.1) is 42.1 Å². The first-order valence-corrected chi connectivity index (χ1v) is 18.1. The monoisotopic (exact) mass is 724 g/mol. The molecular weight excluding hydrogens is 681 g/mol. The van der Waals surface area contributed by atoms with E-state index in [1.165, 1.54) is 6.20 Å². The van der Waals surface area contributed by atoms with Crippen molar-refractivity contribution in [2.75, 3.05) is 20.1 Å². The van der Waals surface area contributed by atoms with E-state index in [1.54, 1.807) is 24.3 Å². The second-order valence-corrected chi connectivity index (χ2v) is 13.9. The summed E-state index contributed by atoms with van der Waals surface area (Å²) in [7, 11) is 1.95. The Morgan fingerprint density at radius 2 is 1.57 bits per heavy atom. The van der Waals surface area contributed by atoms with Gasteiger partial charge < -0.3 is 35.0 Å². The SMILES string of the molecule is C[C@H]1[C@@H](CN(C)C[C@@H](O)c2cccc(O)c2)O[C@@H](c2cccc(-c3cccc(CNC(=O)c4cnc5ccccc5n4)c3)c2)O[C@H]1c1ccc(CO)cc1. The average Bonchev–Trinajstić information content (AvgIpc) is 3.20. The fourth-order valence-corrected chi connectivity index (χ4v) is 6.91. The van der Waals surface area contributed by atoms with Crippen molar-refractivity contribution in [2.45, 2.75) is 44.7 Å². The molecule has 0 unspecified atom stereocenters. The molecule has 7 rings (SSSR count). The Morgan fingerprint density at radius 3 is 2.35 bits per heavy atom. The smallest absolute Gasteiger partial charge is 0.271 e. The zero-order valence-electron chi connectivity index (χ0n) is 30.2. The van der Waals surface area contributed by atoms with Crippen LogP contribution in [0.15, 0.2) is 128 Å². The minimum absolute atomic E-state index is 0.0401. The molecule has 1 amide bonds. The molecule has 5 aromatic carbocycles. The molecule has 5 atom stereocenters. The number of aromatic hydroxyl groups is 1. The summed E-state index contributed by atoms with van der Waals surface area (Å²) >= 11 is 0. The summed E-state index contributed by atoms with van der Waals surface area (Å²) < 4.78 is 13.5. The molecule has 0 saturated carbocycles. The van der Waals surface area contributed by atoms with Crippen LogP contribution >= 0.6 is 0 Å². The molecule has 1 aliphatic rings. The van der Waals surface area contributed by atoms with E-state index in [-0.39, 0.29) is 42.1 Å². The molecule has 10 heteroatoms. The zero-order valence-corrected chi connectivity index (χ0v) is 30.2. The van der Waals surface area contributed by atoms with Crippen molar-refractivity contribution in [3.63, 3.8) is 0 Å². The lowest BCUT2D eigenvalue weighted by molar-refractivity contribution is -0.276. The lowest BCUT2D eigenvalue weighted by Crippen LogP contribution is -2.44. The maximum atomic E-state index is 13.0. The van der Waals surface area contributed by atoms with E-state index in [0.717, 1.165) is 38.9 Å². The third-order valence-electron chi connectivity index (χ3n) is 9.91. The van der Waals surface area contributed by atoms with Gasteiger partial charge in [-0.05, 0) is 76.8 Å². The number of likely N-dealkylation sites (N-methyl/N-ethyl adjacent to an activating group) is 1. The largest absolute Gasteiger partial charge is 0.508 e. The summed E-state index contributed by atoms with van der Waals surface area (Å²) in [5, 5.41) is 33.5. The highest BCUT2D eigenvalue weighted by molar-refractivity contribution is 5.93. The molecule has 0 aliphatic carbocycles. The van der Waals surface area contributed by atoms with Gasteiger partial charge in [0.2, 0.25) is 0 Å². The molecule has 276 valence electrons. The molecule has 0 spiro atoms. The molecule has 1 fully saturated rings.